The van der Waals surface area contributed by atoms with Crippen LogP contribution in [0.3, 0.4) is 0 Å². The maximum Gasteiger partial charge on any atom is 0.186 e. The average molecular weight is 218 g/mol. The minimum absolute atomic E-state index is 0.115. The molecule has 1 rings (SSSR count). The van der Waals surface area contributed by atoms with Crippen LogP contribution >= 0.6 is 11.8 Å². The summed E-state index contributed by atoms with van der Waals surface area (Å²) in [5.74, 6) is 6.59. The Morgan fingerprint density at radius 1 is 1.33 bits per heavy atom. The van der Waals surface area contributed by atoms with E-state index in [1.54, 1.807) is 6.92 Å². The minimum Gasteiger partial charge on any atom is -0.288 e. The lowest BCUT2D eigenvalue weighted by molar-refractivity contribution is -0.109. The van der Waals surface area contributed by atoms with E-state index in [-0.39, 0.29) is 5.12 Å². The van der Waals surface area contributed by atoms with Crippen LogP contribution in [0.25, 0.3) is 0 Å². The van der Waals surface area contributed by atoms with Crippen molar-refractivity contribution >= 4 is 16.9 Å². The Morgan fingerprint density at radius 3 is 2.67 bits per heavy atom. The van der Waals surface area contributed by atoms with Gasteiger partial charge in [0.1, 0.15) is 0 Å². The van der Waals surface area contributed by atoms with Crippen LogP contribution in [0, 0.1) is 25.7 Å². The first-order chi connectivity index (χ1) is 7.09. The number of thioether (sulfide) groups is 1. The number of rotatable bonds is 1. The van der Waals surface area contributed by atoms with Gasteiger partial charge >= 0.3 is 0 Å². The highest BCUT2D eigenvalue weighted by atomic mass is 32.2. The van der Waals surface area contributed by atoms with Gasteiger partial charge in [0, 0.05) is 12.5 Å². The fraction of sp³-hybridized carbons (Fsp3) is 0.308. The second-order valence-electron chi connectivity index (χ2n) is 3.38. The molecule has 1 aromatic rings. The van der Waals surface area contributed by atoms with E-state index in [1.807, 2.05) is 6.07 Å². The second kappa shape index (κ2) is 5.63. The van der Waals surface area contributed by atoms with E-state index >= 15 is 0 Å². The molecule has 0 fully saturated rings. The largest absolute Gasteiger partial charge is 0.288 e. The molecule has 0 aromatic heterocycles. The average Bonchev–Trinajstić information content (AvgIpc) is 2.18. The Kier molecular flexibility index (Phi) is 4.45. The van der Waals surface area contributed by atoms with Crippen molar-refractivity contribution in [3.8, 4) is 11.8 Å². The van der Waals surface area contributed by atoms with Crippen LogP contribution in [0.2, 0.25) is 0 Å². The van der Waals surface area contributed by atoms with E-state index in [4.69, 9.17) is 0 Å². The number of hydrogen-bond donors (Lipinski definition) is 0. The van der Waals surface area contributed by atoms with Gasteiger partial charge in [0.15, 0.2) is 5.12 Å². The Bertz CT molecular complexity index is 424. The van der Waals surface area contributed by atoms with Gasteiger partial charge in [0.2, 0.25) is 0 Å². The summed E-state index contributed by atoms with van der Waals surface area (Å²) in [6, 6.07) is 6.14. The van der Waals surface area contributed by atoms with Crippen molar-refractivity contribution in [1.29, 1.82) is 0 Å². The topological polar surface area (TPSA) is 17.1 Å². The van der Waals surface area contributed by atoms with E-state index in [0.29, 0.717) is 5.75 Å². The fourth-order valence-electron chi connectivity index (χ4n) is 1.10. The monoisotopic (exact) mass is 218 g/mol. The first-order valence-electron chi connectivity index (χ1n) is 4.79. The SMILES string of the molecule is CC(=O)SCC#Cc1ccc(C)c(C)c1. The molecule has 78 valence electrons. The van der Waals surface area contributed by atoms with Crippen LogP contribution in [0.15, 0.2) is 18.2 Å². The standard InChI is InChI=1S/C13H14OS/c1-10-6-7-13(9-11(10)2)5-4-8-15-12(3)14/h6-7,9H,8H2,1-3H3. The lowest BCUT2D eigenvalue weighted by atomic mass is 10.1. The summed E-state index contributed by atoms with van der Waals surface area (Å²) < 4.78 is 0. The molecule has 0 radical (unpaired) electrons. The molecule has 0 aliphatic carbocycles. The van der Waals surface area contributed by atoms with Crippen molar-refractivity contribution in [2.75, 3.05) is 5.75 Å². The maximum atomic E-state index is 10.6. The van der Waals surface area contributed by atoms with Gasteiger partial charge in [-0.25, -0.2) is 0 Å². The predicted molar refractivity (Wildman–Crippen MR) is 65.9 cm³/mol. The molecule has 0 heterocycles. The lowest BCUT2D eigenvalue weighted by Gasteiger charge is -1.98. The smallest absolute Gasteiger partial charge is 0.186 e. The highest BCUT2D eigenvalue weighted by Crippen LogP contribution is 2.08. The van der Waals surface area contributed by atoms with Crippen LogP contribution in [0.4, 0.5) is 0 Å². The van der Waals surface area contributed by atoms with Crippen LogP contribution in [-0.2, 0) is 4.79 Å². The first kappa shape index (κ1) is 11.9. The molecule has 0 spiro atoms. The molecule has 0 saturated carbocycles. The zero-order chi connectivity index (χ0) is 11.3. The zero-order valence-electron chi connectivity index (χ0n) is 9.26. The van der Waals surface area contributed by atoms with Crippen molar-refractivity contribution in [2.45, 2.75) is 20.8 Å². The van der Waals surface area contributed by atoms with Gasteiger partial charge < -0.3 is 0 Å². The highest BCUT2D eigenvalue weighted by Gasteiger charge is 1.93. The molecule has 0 bridgehead atoms. The molecule has 0 unspecified atom stereocenters. The van der Waals surface area contributed by atoms with E-state index in [1.165, 1.54) is 22.9 Å². The van der Waals surface area contributed by atoms with E-state index in [9.17, 15) is 4.79 Å². The molecule has 15 heavy (non-hydrogen) atoms. The summed E-state index contributed by atoms with van der Waals surface area (Å²) in [6.07, 6.45) is 0. The molecule has 0 amide bonds. The van der Waals surface area contributed by atoms with Crippen molar-refractivity contribution < 1.29 is 4.79 Å². The van der Waals surface area contributed by atoms with Gasteiger partial charge in [-0.1, -0.05) is 29.7 Å². The van der Waals surface area contributed by atoms with E-state index < -0.39 is 0 Å². The Labute approximate surface area is 95.3 Å². The van der Waals surface area contributed by atoms with E-state index in [2.05, 4.69) is 37.8 Å². The Balaban J connectivity index is 2.64. The van der Waals surface area contributed by atoms with E-state index in [0.717, 1.165) is 5.56 Å². The minimum atomic E-state index is 0.115. The second-order valence-corrected chi connectivity index (χ2v) is 4.53. The number of aryl methyl sites for hydroxylation is 2. The molecular formula is C13H14OS. The molecule has 0 saturated heterocycles. The number of benzene rings is 1. The van der Waals surface area contributed by atoms with Gasteiger partial charge in [-0.3, -0.25) is 4.79 Å². The van der Waals surface area contributed by atoms with Crippen molar-refractivity contribution in [2.24, 2.45) is 0 Å². The van der Waals surface area contributed by atoms with Gasteiger partial charge in [-0.2, -0.15) is 0 Å². The third kappa shape index (κ3) is 4.22. The zero-order valence-corrected chi connectivity index (χ0v) is 10.1. The molecule has 2 heteroatoms. The molecule has 0 aliphatic rings. The summed E-state index contributed by atoms with van der Waals surface area (Å²) in [4.78, 5) is 10.6. The quantitative estimate of drug-likeness (QED) is 0.674. The summed E-state index contributed by atoms with van der Waals surface area (Å²) in [6.45, 7) is 5.71. The molecule has 1 nitrogen and oxygen atoms in total. The lowest BCUT2D eigenvalue weighted by Crippen LogP contribution is -1.84. The summed E-state index contributed by atoms with van der Waals surface area (Å²) in [7, 11) is 0. The van der Waals surface area contributed by atoms with Crippen LogP contribution in [0.1, 0.15) is 23.6 Å². The van der Waals surface area contributed by atoms with Crippen LogP contribution in [-0.4, -0.2) is 10.9 Å². The Morgan fingerprint density at radius 2 is 2.07 bits per heavy atom. The maximum absolute atomic E-state index is 10.6. The van der Waals surface area contributed by atoms with Gasteiger partial charge in [0.25, 0.3) is 0 Å². The number of carbonyl (C=O) groups excluding carboxylic acids is 1. The van der Waals surface area contributed by atoms with Crippen LogP contribution < -0.4 is 0 Å². The summed E-state index contributed by atoms with van der Waals surface area (Å²) in [5.41, 5.74) is 3.54. The molecule has 0 N–H and O–H groups in total. The summed E-state index contributed by atoms with van der Waals surface area (Å²) in [5, 5.41) is 0.115. The van der Waals surface area contributed by atoms with Crippen molar-refractivity contribution in [3.05, 3.63) is 34.9 Å². The number of carbonyl (C=O) groups is 1. The fourth-order valence-corrected chi connectivity index (χ4v) is 1.44. The Hall–Kier alpha value is -1.20. The van der Waals surface area contributed by atoms with Crippen molar-refractivity contribution in [1.82, 2.24) is 0 Å². The molecule has 1 aromatic carbocycles. The molecular weight excluding hydrogens is 204 g/mol. The predicted octanol–water partition coefficient (Wildman–Crippen LogP) is 2.93. The van der Waals surface area contributed by atoms with Crippen LogP contribution in [0.5, 0.6) is 0 Å². The highest BCUT2D eigenvalue weighted by molar-refractivity contribution is 8.13. The first-order valence-corrected chi connectivity index (χ1v) is 5.77. The third-order valence-corrected chi connectivity index (χ3v) is 2.78. The number of hydrogen-bond acceptors (Lipinski definition) is 2. The van der Waals surface area contributed by atoms with Crippen molar-refractivity contribution in [3.63, 3.8) is 0 Å². The molecule has 0 aliphatic heterocycles. The van der Waals surface area contributed by atoms with Gasteiger partial charge in [-0.05, 0) is 37.1 Å². The summed E-state index contributed by atoms with van der Waals surface area (Å²) >= 11 is 1.25. The van der Waals surface area contributed by atoms with Gasteiger partial charge in [0.05, 0.1) is 5.75 Å². The normalized spacial score (nSPS) is 9.27. The molecule has 0 atom stereocenters. The third-order valence-electron chi connectivity index (χ3n) is 2.09. The van der Waals surface area contributed by atoms with Gasteiger partial charge in [-0.15, -0.1) is 0 Å².